The first-order chi connectivity index (χ1) is 15.3. The van der Waals surface area contributed by atoms with E-state index in [0.29, 0.717) is 12.2 Å². The lowest BCUT2D eigenvalue weighted by molar-refractivity contribution is -0.122. The van der Waals surface area contributed by atoms with Crippen LogP contribution in [0.2, 0.25) is 0 Å². The first kappa shape index (κ1) is 24.3. The third-order valence-corrected chi connectivity index (χ3v) is 7.27. The van der Waals surface area contributed by atoms with Gasteiger partial charge in [0.25, 0.3) is 0 Å². The highest BCUT2D eigenvalue weighted by atomic mass is 32.2. The molecule has 2 aromatic carbocycles. The van der Waals surface area contributed by atoms with Crippen LogP contribution >= 0.6 is 0 Å². The van der Waals surface area contributed by atoms with Crippen LogP contribution in [0.4, 0.5) is 5.69 Å². The number of anilines is 1. The number of likely N-dealkylation sites (tertiary alicyclic amines) is 1. The molecule has 6 nitrogen and oxygen atoms in total. The normalized spacial score (nSPS) is 15.8. The van der Waals surface area contributed by atoms with Crippen LogP contribution in [0.3, 0.4) is 0 Å². The van der Waals surface area contributed by atoms with Gasteiger partial charge in [0.05, 0.1) is 11.9 Å². The van der Waals surface area contributed by atoms with Gasteiger partial charge in [-0.25, -0.2) is 8.42 Å². The van der Waals surface area contributed by atoms with Gasteiger partial charge in [-0.2, -0.15) is 0 Å². The Morgan fingerprint density at radius 2 is 1.53 bits per heavy atom. The summed E-state index contributed by atoms with van der Waals surface area (Å²) in [7, 11) is -3.62. The molecule has 1 atom stereocenters. The lowest BCUT2D eigenvalue weighted by atomic mass is 10.1. The number of nitrogens with zero attached hydrogens (tertiary/aromatic N) is 2. The molecule has 1 aliphatic rings. The topological polar surface area (TPSA) is 69.7 Å². The predicted octanol–water partition coefficient (Wildman–Crippen LogP) is 3.71. The van der Waals surface area contributed by atoms with E-state index in [1.807, 2.05) is 31.2 Å². The molecular weight excluding hydrogens is 422 g/mol. The van der Waals surface area contributed by atoms with Gasteiger partial charge in [0.1, 0.15) is 6.04 Å². The van der Waals surface area contributed by atoms with E-state index in [9.17, 15) is 13.2 Å². The summed E-state index contributed by atoms with van der Waals surface area (Å²) < 4.78 is 26.1. The zero-order valence-corrected chi connectivity index (χ0v) is 20.2. The Morgan fingerprint density at radius 3 is 2.09 bits per heavy atom. The van der Waals surface area contributed by atoms with Crippen molar-refractivity contribution >= 4 is 21.6 Å². The molecule has 0 bridgehead atoms. The van der Waals surface area contributed by atoms with E-state index < -0.39 is 16.1 Å². The summed E-state index contributed by atoms with van der Waals surface area (Å²) in [6, 6.07) is 14.7. The minimum Gasteiger partial charge on any atom is -0.350 e. The van der Waals surface area contributed by atoms with Gasteiger partial charge in [-0.05, 0) is 68.1 Å². The number of hydrogen-bond donors (Lipinski definition) is 1. The lowest BCUT2D eigenvalue weighted by Gasteiger charge is -2.28. The van der Waals surface area contributed by atoms with Crippen LogP contribution in [0.25, 0.3) is 0 Å². The second-order valence-corrected chi connectivity index (χ2v) is 10.5. The average Bonchev–Trinajstić information content (AvgIpc) is 2.78. The molecular formula is C25H35N3O3S. The standard InChI is InChI=1S/C25H35N3O3S/c1-4-21-12-14-24(15-13-21)28(32(3,30)31)20(2)25(29)26-18-22-8-10-23(11-9-22)19-27-16-6-5-7-17-27/h8-15,20H,4-7,16-19H2,1-3H3,(H,26,29). The number of piperidine rings is 1. The van der Waals surface area contributed by atoms with Crippen molar-refractivity contribution in [3.05, 3.63) is 65.2 Å². The molecule has 174 valence electrons. The van der Waals surface area contributed by atoms with E-state index >= 15 is 0 Å². The van der Waals surface area contributed by atoms with Gasteiger partial charge in [0.2, 0.25) is 15.9 Å². The average molecular weight is 458 g/mol. The number of nitrogens with one attached hydrogen (secondary N) is 1. The minimum absolute atomic E-state index is 0.326. The van der Waals surface area contributed by atoms with Gasteiger partial charge in [-0.15, -0.1) is 0 Å². The molecule has 3 rings (SSSR count). The van der Waals surface area contributed by atoms with E-state index in [2.05, 4.69) is 22.3 Å². The Labute approximate surface area is 192 Å². The van der Waals surface area contributed by atoms with Crippen LogP contribution in [0.5, 0.6) is 0 Å². The highest BCUT2D eigenvalue weighted by molar-refractivity contribution is 7.92. The highest BCUT2D eigenvalue weighted by Crippen LogP contribution is 2.22. The maximum atomic E-state index is 12.8. The molecule has 1 amide bonds. The van der Waals surface area contributed by atoms with Gasteiger partial charge in [0, 0.05) is 13.1 Å². The van der Waals surface area contributed by atoms with E-state index in [-0.39, 0.29) is 5.91 Å². The second kappa shape index (κ2) is 11.0. The molecule has 0 spiro atoms. The molecule has 0 saturated carbocycles. The van der Waals surface area contributed by atoms with E-state index in [1.54, 1.807) is 19.1 Å². The number of amides is 1. The van der Waals surface area contributed by atoms with Crippen LogP contribution in [-0.2, 0) is 34.3 Å². The Hall–Kier alpha value is -2.38. The Morgan fingerprint density at radius 1 is 0.969 bits per heavy atom. The van der Waals surface area contributed by atoms with Gasteiger partial charge in [-0.3, -0.25) is 14.0 Å². The number of rotatable bonds is 9. The molecule has 7 heteroatoms. The van der Waals surface area contributed by atoms with Crippen LogP contribution in [-0.4, -0.2) is 44.6 Å². The van der Waals surface area contributed by atoms with Crippen LogP contribution in [0.1, 0.15) is 49.8 Å². The molecule has 2 aromatic rings. The van der Waals surface area contributed by atoms with Gasteiger partial charge < -0.3 is 5.32 Å². The van der Waals surface area contributed by atoms with E-state index in [4.69, 9.17) is 0 Å². The Balaban J connectivity index is 1.60. The molecule has 1 unspecified atom stereocenters. The third kappa shape index (κ3) is 6.56. The molecule has 1 heterocycles. The summed E-state index contributed by atoms with van der Waals surface area (Å²) >= 11 is 0. The molecule has 32 heavy (non-hydrogen) atoms. The van der Waals surface area contributed by atoms with Crippen molar-refractivity contribution in [2.45, 2.75) is 58.7 Å². The molecule has 1 fully saturated rings. The molecule has 0 aliphatic carbocycles. The number of carbonyl (C=O) groups is 1. The largest absolute Gasteiger partial charge is 0.350 e. The number of aryl methyl sites for hydroxylation is 1. The number of hydrogen-bond acceptors (Lipinski definition) is 4. The first-order valence-electron chi connectivity index (χ1n) is 11.4. The number of carbonyl (C=O) groups excluding carboxylic acids is 1. The molecule has 0 radical (unpaired) electrons. The fraction of sp³-hybridized carbons (Fsp3) is 0.480. The molecule has 1 N–H and O–H groups in total. The van der Waals surface area contributed by atoms with Crippen molar-refractivity contribution in [3.63, 3.8) is 0 Å². The summed E-state index contributed by atoms with van der Waals surface area (Å²) in [5.41, 5.74) is 3.87. The Bertz CT molecular complexity index is 982. The van der Waals surface area contributed by atoms with Gasteiger partial charge in [-0.1, -0.05) is 49.7 Å². The van der Waals surface area contributed by atoms with Crippen LogP contribution in [0, 0.1) is 0 Å². The number of sulfonamides is 1. The van der Waals surface area contributed by atoms with Gasteiger partial charge >= 0.3 is 0 Å². The van der Waals surface area contributed by atoms with Crippen molar-refractivity contribution in [1.29, 1.82) is 0 Å². The SMILES string of the molecule is CCc1ccc(N(C(C)C(=O)NCc2ccc(CN3CCCCC3)cc2)S(C)(=O)=O)cc1. The minimum atomic E-state index is -3.62. The zero-order valence-electron chi connectivity index (χ0n) is 19.4. The summed E-state index contributed by atoms with van der Waals surface area (Å²) in [4.78, 5) is 15.3. The summed E-state index contributed by atoms with van der Waals surface area (Å²) in [6.45, 7) is 7.30. The lowest BCUT2D eigenvalue weighted by Crippen LogP contribution is -2.47. The fourth-order valence-corrected chi connectivity index (χ4v) is 5.34. The van der Waals surface area contributed by atoms with Crippen molar-refractivity contribution in [2.75, 3.05) is 23.7 Å². The second-order valence-electron chi connectivity index (χ2n) is 8.63. The zero-order chi connectivity index (χ0) is 23.1. The summed E-state index contributed by atoms with van der Waals surface area (Å²) in [5, 5.41) is 2.89. The molecule has 1 aliphatic heterocycles. The number of benzene rings is 2. The monoisotopic (exact) mass is 457 g/mol. The van der Waals surface area contributed by atoms with Crippen molar-refractivity contribution in [3.8, 4) is 0 Å². The van der Waals surface area contributed by atoms with Crippen molar-refractivity contribution in [2.24, 2.45) is 0 Å². The van der Waals surface area contributed by atoms with Gasteiger partial charge in [0.15, 0.2) is 0 Å². The van der Waals surface area contributed by atoms with Crippen LogP contribution < -0.4 is 9.62 Å². The highest BCUT2D eigenvalue weighted by Gasteiger charge is 2.28. The molecule has 1 saturated heterocycles. The third-order valence-electron chi connectivity index (χ3n) is 6.03. The fourth-order valence-electron chi connectivity index (χ4n) is 4.16. The molecule has 0 aromatic heterocycles. The maximum Gasteiger partial charge on any atom is 0.243 e. The van der Waals surface area contributed by atoms with E-state index in [0.717, 1.165) is 43.4 Å². The van der Waals surface area contributed by atoms with Crippen LogP contribution in [0.15, 0.2) is 48.5 Å². The summed E-state index contributed by atoms with van der Waals surface area (Å²) in [5.74, 6) is -0.326. The van der Waals surface area contributed by atoms with Crippen molar-refractivity contribution in [1.82, 2.24) is 10.2 Å². The quantitative estimate of drug-likeness (QED) is 0.623. The van der Waals surface area contributed by atoms with Crippen molar-refractivity contribution < 1.29 is 13.2 Å². The summed E-state index contributed by atoms with van der Waals surface area (Å²) in [6.07, 6.45) is 5.87. The maximum absolute atomic E-state index is 12.8. The first-order valence-corrected chi connectivity index (χ1v) is 13.3. The predicted molar refractivity (Wildman–Crippen MR) is 130 cm³/mol. The Kier molecular flexibility index (Phi) is 8.32. The smallest absolute Gasteiger partial charge is 0.243 e. The van der Waals surface area contributed by atoms with E-state index in [1.165, 1.54) is 29.1 Å².